The molecule has 0 atom stereocenters. The summed E-state index contributed by atoms with van der Waals surface area (Å²) in [6, 6.07) is 4.73. The van der Waals surface area contributed by atoms with Crippen LogP contribution in [0.15, 0.2) is 18.2 Å². The molecule has 1 aliphatic rings. The van der Waals surface area contributed by atoms with Crippen LogP contribution in [0.2, 0.25) is 0 Å². The number of hydrogen-bond donors (Lipinski definition) is 1. The van der Waals surface area contributed by atoms with E-state index in [-0.39, 0.29) is 5.82 Å². The molecule has 0 aliphatic carbocycles. The van der Waals surface area contributed by atoms with E-state index in [9.17, 15) is 4.39 Å². The molecule has 1 N–H and O–H groups in total. The van der Waals surface area contributed by atoms with E-state index in [4.69, 9.17) is 5.41 Å². The van der Waals surface area contributed by atoms with Gasteiger partial charge >= 0.3 is 0 Å². The summed E-state index contributed by atoms with van der Waals surface area (Å²) in [4.78, 5) is 4.35. The topological polar surface area (TPSA) is 30.3 Å². The van der Waals surface area contributed by atoms with Crippen molar-refractivity contribution in [1.29, 1.82) is 5.41 Å². The summed E-state index contributed by atoms with van der Waals surface area (Å²) in [5, 5.41) is 8.08. The van der Waals surface area contributed by atoms with Gasteiger partial charge in [-0.3, -0.25) is 5.41 Å². The fourth-order valence-electron chi connectivity index (χ4n) is 2.35. The molecule has 0 spiro atoms. The standard InChI is InChI=1S/C14H20FN3/c1-3-17(4-2)7-8-18-10-11-5-6-12(15)9-13(11)14(18)16/h5-6,9,16H,3-4,7-8,10H2,1-2H3. The van der Waals surface area contributed by atoms with Crippen molar-refractivity contribution in [1.82, 2.24) is 9.80 Å². The van der Waals surface area contributed by atoms with Crippen LogP contribution in [0.5, 0.6) is 0 Å². The molecular formula is C14H20FN3. The van der Waals surface area contributed by atoms with E-state index in [1.165, 1.54) is 12.1 Å². The lowest BCUT2D eigenvalue weighted by Gasteiger charge is -2.23. The smallest absolute Gasteiger partial charge is 0.128 e. The Balaban J connectivity index is 2.01. The van der Waals surface area contributed by atoms with Crippen molar-refractivity contribution in [3.8, 4) is 0 Å². The molecule has 3 nitrogen and oxygen atoms in total. The molecule has 0 saturated carbocycles. The van der Waals surface area contributed by atoms with Crippen LogP contribution in [0.1, 0.15) is 25.0 Å². The average Bonchev–Trinajstić information content (AvgIpc) is 2.68. The summed E-state index contributed by atoms with van der Waals surface area (Å²) in [7, 11) is 0. The molecule has 4 heteroatoms. The van der Waals surface area contributed by atoms with Gasteiger partial charge in [0.05, 0.1) is 0 Å². The van der Waals surface area contributed by atoms with Gasteiger partial charge in [-0.05, 0) is 30.8 Å². The second-order valence-corrected chi connectivity index (χ2v) is 4.60. The van der Waals surface area contributed by atoms with Gasteiger partial charge < -0.3 is 9.80 Å². The van der Waals surface area contributed by atoms with Crippen LogP contribution in [0, 0.1) is 11.2 Å². The normalized spacial score (nSPS) is 14.4. The highest BCUT2D eigenvalue weighted by atomic mass is 19.1. The minimum Gasteiger partial charge on any atom is -0.351 e. The summed E-state index contributed by atoms with van der Waals surface area (Å²) < 4.78 is 13.2. The summed E-state index contributed by atoms with van der Waals surface area (Å²) >= 11 is 0. The number of nitrogens with zero attached hydrogens (tertiary/aromatic N) is 2. The van der Waals surface area contributed by atoms with Crippen LogP contribution in [-0.2, 0) is 6.54 Å². The Morgan fingerprint density at radius 2 is 2.06 bits per heavy atom. The van der Waals surface area contributed by atoms with Gasteiger partial charge in [-0.2, -0.15) is 0 Å². The van der Waals surface area contributed by atoms with Crippen molar-refractivity contribution >= 4 is 5.84 Å². The Bertz CT molecular complexity index is 441. The van der Waals surface area contributed by atoms with Crippen LogP contribution < -0.4 is 0 Å². The van der Waals surface area contributed by atoms with Gasteiger partial charge in [0.2, 0.25) is 0 Å². The molecule has 0 amide bonds. The zero-order valence-electron chi connectivity index (χ0n) is 11.0. The third kappa shape index (κ3) is 2.53. The maximum absolute atomic E-state index is 13.2. The largest absolute Gasteiger partial charge is 0.351 e. The average molecular weight is 249 g/mol. The van der Waals surface area contributed by atoms with Gasteiger partial charge in [0.1, 0.15) is 11.7 Å². The molecule has 1 aliphatic heterocycles. The monoisotopic (exact) mass is 249 g/mol. The Morgan fingerprint density at radius 1 is 1.33 bits per heavy atom. The molecule has 0 unspecified atom stereocenters. The molecule has 0 saturated heterocycles. The highest BCUT2D eigenvalue weighted by Crippen LogP contribution is 2.23. The first-order valence-corrected chi connectivity index (χ1v) is 6.50. The van der Waals surface area contributed by atoms with Crippen molar-refractivity contribution in [3.05, 3.63) is 35.1 Å². The zero-order chi connectivity index (χ0) is 13.1. The zero-order valence-corrected chi connectivity index (χ0v) is 11.0. The second-order valence-electron chi connectivity index (χ2n) is 4.60. The first-order chi connectivity index (χ1) is 8.65. The van der Waals surface area contributed by atoms with Crippen LogP contribution in [-0.4, -0.2) is 41.8 Å². The molecular weight excluding hydrogens is 229 g/mol. The molecule has 0 aromatic heterocycles. The molecule has 2 rings (SSSR count). The number of rotatable bonds is 5. The first kappa shape index (κ1) is 13.0. The maximum atomic E-state index is 13.2. The molecule has 1 aromatic rings. The minimum absolute atomic E-state index is 0.260. The van der Waals surface area contributed by atoms with Gasteiger partial charge in [-0.15, -0.1) is 0 Å². The van der Waals surface area contributed by atoms with Crippen LogP contribution in [0.4, 0.5) is 4.39 Å². The molecule has 0 bridgehead atoms. The maximum Gasteiger partial charge on any atom is 0.128 e. The van der Waals surface area contributed by atoms with Crippen LogP contribution >= 0.6 is 0 Å². The fourth-order valence-corrected chi connectivity index (χ4v) is 2.35. The molecule has 98 valence electrons. The molecule has 1 aromatic carbocycles. The van der Waals surface area contributed by atoms with Crippen molar-refractivity contribution in [2.45, 2.75) is 20.4 Å². The van der Waals surface area contributed by atoms with Gasteiger partial charge in [-0.25, -0.2) is 4.39 Å². The van der Waals surface area contributed by atoms with E-state index in [0.717, 1.165) is 43.9 Å². The van der Waals surface area contributed by atoms with Gasteiger partial charge in [0.25, 0.3) is 0 Å². The lowest BCUT2D eigenvalue weighted by Crippen LogP contribution is -2.35. The number of hydrogen-bond acceptors (Lipinski definition) is 2. The summed E-state index contributed by atoms with van der Waals surface area (Å²) in [6.45, 7) is 8.85. The van der Waals surface area contributed by atoms with Crippen molar-refractivity contribution in [2.24, 2.45) is 0 Å². The van der Waals surface area contributed by atoms with E-state index >= 15 is 0 Å². The van der Waals surface area contributed by atoms with E-state index in [2.05, 4.69) is 18.7 Å². The SMILES string of the molecule is CCN(CC)CCN1Cc2ccc(F)cc2C1=N. The number of halogens is 1. The van der Waals surface area contributed by atoms with E-state index in [1.54, 1.807) is 6.07 Å². The fraction of sp³-hybridized carbons (Fsp3) is 0.500. The molecule has 0 radical (unpaired) electrons. The lowest BCUT2D eigenvalue weighted by molar-refractivity contribution is 0.268. The molecule has 1 heterocycles. The quantitative estimate of drug-likeness (QED) is 0.868. The van der Waals surface area contributed by atoms with Crippen LogP contribution in [0.3, 0.4) is 0 Å². The molecule has 18 heavy (non-hydrogen) atoms. The summed E-state index contributed by atoms with van der Waals surface area (Å²) in [5.74, 6) is 0.195. The number of benzene rings is 1. The van der Waals surface area contributed by atoms with Crippen molar-refractivity contribution < 1.29 is 4.39 Å². The lowest BCUT2D eigenvalue weighted by atomic mass is 10.1. The predicted molar refractivity (Wildman–Crippen MR) is 71.4 cm³/mol. The highest BCUT2D eigenvalue weighted by Gasteiger charge is 2.24. The van der Waals surface area contributed by atoms with Gasteiger partial charge in [0.15, 0.2) is 0 Å². The Morgan fingerprint density at radius 3 is 2.72 bits per heavy atom. The number of likely N-dealkylation sites (N-methyl/N-ethyl adjacent to an activating group) is 1. The van der Waals surface area contributed by atoms with Crippen molar-refractivity contribution in [2.75, 3.05) is 26.2 Å². The number of amidine groups is 1. The minimum atomic E-state index is -0.260. The Hall–Kier alpha value is -1.42. The van der Waals surface area contributed by atoms with Gasteiger partial charge in [0, 0.05) is 25.2 Å². The Labute approximate surface area is 108 Å². The summed E-state index contributed by atoms with van der Waals surface area (Å²) in [5.41, 5.74) is 1.80. The Kier molecular flexibility index (Phi) is 3.97. The highest BCUT2D eigenvalue weighted by molar-refractivity contribution is 6.00. The van der Waals surface area contributed by atoms with Crippen molar-refractivity contribution in [3.63, 3.8) is 0 Å². The predicted octanol–water partition coefficient (Wildman–Crippen LogP) is 2.31. The number of fused-ring (bicyclic) bond motifs is 1. The third-order valence-electron chi connectivity index (χ3n) is 3.59. The van der Waals surface area contributed by atoms with E-state index in [1.807, 2.05) is 4.90 Å². The van der Waals surface area contributed by atoms with E-state index < -0.39 is 0 Å². The summed E-state index contributed by atoms with van der Waals surface area (Å²) in [6.07, 6.45) is 0. The third-order valence-corrected chi connectivity index (χ3v) is 3.59. The van der Waals surface area contributed by atoms with Gasteiger partial charge in [-0.1, -0.05) is 19.9 Å². The first-order valence-electron chi connectivity index (χ1n) is 6.50. The second kappa shape index (κ2) is 5.48. The van der Waals surface area contributed by atoms with E-state index in [0.29, 0.717) is 5.84 Å². The number of nitrogens with one attached hydrogen (secondary N) is 1. The molecule has 0 fully saturated rings. The van der Waals surface area contributed by atoms with Crippen LogP contribution in [0.25, 0.3) is 0 Å².